The minimum absolute atomic E-state index is 0.00488. The summed E-state index contributed by atoms with van der Waals surface area (Å²) in [6.07, 6.45) is -8.15. The molecule has 0 N–H and O–H groups in total. The predicted molar refractivity (Wildman–Crippen MR) is 111 cm³/mol. The van der Waals surface area contributed by atoms with Crippen LogP contribution in [0.3, 0.4) is 0 Å². The molecule has 4 nitrogen and oxygen atoms in total. The minimum Gasteiger partial charge on any atom is -0.370 e. The van der Waals surface area contributed by atoms with E-state index in [0.717, 1.165) is 30.2 Å². The van der Waals surface area contributed by atoms with E-state index in [1.54, 1.807) is 0 Å². The number of carbonyl (C=O) groups is 1. The minimum atomic E-state index is -5.10. The van der Waals surface area contributed by atoms with Gasteiger partial charge < -0.3 is 4.90 Å². The molecule has 2 heterocycles. The normalized spacial score (nSPS) is 17.4. The fourth-order valence-corrected chi connectivity index (χ4v) is 4.58. The van der Waals surface area contributed by atoms with Crippen LogP contribution in [0.2, 0.25) is 0 Å². The van der Waals surface area contributed by atoms with Crippen molar-refractivity contribution < 1.29 is 35.5 Å². The van der Waals surface area contributed by atoms with Crippen molar-refractivity contribution in [3.8, 4) is 0 Å². The van der Waals surface area contributed by atoms with Gasteiger partial charge in [0.1, 0.15) is 11.6 Å². The SMILES string of the molecule is Cc1nc(N(C)C(=O)Cc2c(N3CC4(CCC4)C3)cc(C(F)(F)F)cc2C(F)(F)F)ccc1F. The summed E-state index contributed by atoms with van der Waals surface area (Å²) in [5.41, 5.74) is -3.72. The van der Waals surface area contributed by atoms with Crippen LogP contribution >= 0.6 is 0 Å². The molecule has 2 fully saturated rings. The molecule has 1 amide bonds. The summed E-state index contributed by atoms with van der Waals surface area (Å²) in [5, 5.41) is 0. The number of likely N-dealkylation sites (N-methyl/N-ethyl adjacent to an activating group) is 1. The number of halogens is 7. The molecule has 11 heteroatoms. The number of aromatic nitrogens is 1. The van der Waals surface area contributed by atoms with E-state index in [0.29, 0.717) is 19.2 Å². The number of rotatable bonds is 4. The molecule has 2 aromatic rings. The highest BCUT2D eigenvalue weighted by Crippen LogP contribution is 2.51. The standard InChI is InChI=1S/C23H22F7N3O/c1-13-17(24)4-5-19(31-13)32(2)20(34)10-15-16(23(28,29)30)8-14(22(25,26)27)9-18(15)33-11-21(12-33)6-3-7-21/h4-5,8-9H,3,6-7,10-12H2,1-2H3. The smallest absolute Gasteiger partial charge is 0.370 e. The van der Waals surface area contributed by atoms with Crippen LogP contribution in [0.25, 0.3) is 0 Å². The van der Waals surface area contributed by atoms with Crippen LogP contribution in [0.1, 0.15) is 41.6 Å². The Morgan fingerprint density at radius 2 is 1.74 bits per heavy atom. The highest BCUT2D eigenvalue weighted by Gasteiger charge is 2.49. The predicted octanol–water partition coefficient (Wildman–Crippen LogP) is 5.76. The highest BCUT2D eigenvalue weighted by molar-refractivity contribution is 5.94. The summed E-state index contributed by atoms with van der Waals surface area (Å²) >= 11 is 0. The average Bonchev–Trinajstić information content (AvgIpc) is 2.66. The molecule has 4 rings (SSSR count). The van der Waals surface area contributed by atoms with Gasteiger partial charge >= 0.3 is 12.4 Å². The van der Waals surface area contributed by atoms with E-state index in [9.17, 15) is 35.5 Å². The first-order valence-corrected chi connectivity index (χ1v) is 10.7. The zero-order chi connectivity index (χ0) is 25.1. The van der Waals surface area contributed by atoms with Gasteiger partial charge in [-0.2, -0.15) is 26.3 Å². The van der Waals surface area contributed by atoms with Crippen LogP contribution in [0.5, 0.6) is 0 Å². The van der Waals surface area contributed by atoms with Gasteiger partial charge in [-0.1, -0.05) is 6.42 Å². The molecule has 0 bridgehead atoms. The molecule has 0 radical (unpaired) electrons. The second-order valence-corrected chi connectivity index (χ2v) is 9.09. The zero-order valence-electron chi connectivity index (χ0n) is 18.4. The van der Waals surface area contributed by atoms with Gasteiger partial charge in [-0.15, -0.1) is 0 Å². The molecule has 2 aliphatic rings. The largest absolute Gasteiger partial charge is 0.416 e. The molecule has 184 valence electrons. The van der Waals surface area contributed by atoms with Gasteiger partial charge in [-0.25, -0.2) is 9.37 Å². The van der Waals surface area contributed by atoms with E-state index in [1.807, 2.05) is 0 Å². The van der Waals surface area contributed by atoms with Gasteiger partial charge in [-0.3, -0.25) is 9.69 Å². The van der Waals surface area contributed by atoms with Crippen molar-refractivity contribution in [2.24, 2.45) is 5.41 Å². The Labute approximate surface area is 191 Å². The van der Waals surface area contributed by atoms with Crippen molar-refractivity contribution in [2.45, 2.75) is 45.0 Å². The van der Waals surface area contributed by atoms with Crippen LogP contribution in [-0.4, -0.2) is 31.0 Å². The molecule has 1 saturated carbocycles. The number of nitrogens with zero attached hydrogens (tertiary/aromatic N) is 3. The first kappa shape index (κ1) is 24.3. The number of amides is 1. The molecule has 34 heavy (non-hydrogen) atoms. The second-order valence-electron chi connectivity index (χ2n) is 9.09. The number of hydrogen-bond donors (Lipinski definition) is 0. The Balaban J connectivity index is 1.74. The van der Waals surface area contributed by atoms with Gasteiger partial charge in [0.25, 0.3) is 0 Å². The van der Waals surface area contributed by atoms with Crippen LogP contribution in [0.4, 0.5) is 42.2 Å². The molecule has 0 atom stereocenters. The molecule has 1 aliphatic carbocycles. The number of carbonyl (C=O) groups excluding carboxylic acids is 1. The molecule has 1 aromatic carbocycles. The lowest BCUT2D eigenvalue weighted by molar-refractivity contribution is -0.143. The molecule has 0 unspecified atom stereocenters. The van der Waals surface area contributed by atoms with Crippen molar-refractivity contribution in [3.05, 3.63) is 52.5 Å². The molecule has 1 spiro atoms. The van der Waals surface area contributed by atoms with Crippen LogP contribution in [0, 0.1) is 18.2 Å². The van der Waals surface area contributed by atoms with E-state index in [1.165, 1.54) is 24.9 Å². The lowest BCUT2D eigenvalue weighted by Gasteiger charge is -2.57. The number of alkyl halides is 6. The summed E-state index contributed by atoms with van der Waals surface area (Å²) in [7, 11) is 1.27. The van der Waals surface area contributed by atoms with E-state index >= 15 is 0 Å². The number of aryl methyl sites for hydroxylation is 1. The second kappa shape index (κ2) is 8.13. The maximum Gasteiger partial charge on any atom is 0.416 e. The van der Waals surface area contributed by atoms with E-state index in [2.05, 4.69) is 4.98 Å². The third-order valence-corrected chi connectivity index (χ3v) is 6.72. The topological polar surface area (TPSA) is 36.4 Å². The molecular weight excluding hydrogens is 467 g/mol. The van der Waals surface area contributed by atoms with Gasteiger partial charge in [0.05, 0.1) is 23.2 Å². The summed E-state index contributed by atoms with van der Waals surface area (Å²) in [6.45, 7) is 2.07. The van der Waals surface area contributed by atoms with Crippen LogP contribution in [-0.2, 0) is 23.6 Å². The van der Waals surface area contributed by atoms with Crippen LogP contribution in [0.15, 0.2) is 24.3 Å². The van der Waals surface area contributed by atoms with Crippen molar-refractivity contribution in [2.75, 3.05) is 29.9 Å². The first-order chi connectivity index (χ1) is 15.7. The molecule has 1 aliphatic heterocycles. The molecule has 1 saturated heterocycles. The fourth-order valence-electron chi connectivity index (χ4n) is 4.58. The Kier molecular flexibility index (Phi) is 5.80. The van der Waals surface area contributed by atoms with Crippen molar-refractivity contribution >= 4 is 17.4 Å². The summed E-state index contributed by atoms with van der Waals surface area (Å²) in [5.74, 6) is -1.41. The quantitative estimate of drug-likeness (QED) is 0.513. The third-order valence-electron chi connectivity index (χ3n) is 6.72. The number of hydrogen-bond acceptors (Lipinski definition) is 3. The number of benzene rings is 1. The summed E-state index contributed by atoms with van der Waals surface area (Å²) in [4.78, 5) is 19.3. The van der Waals surface area contributed by atoms with Gasteiger partial charge in [-0.05, 0) is 49.6 Å². The monoisotopic (exact) mass is 489 g/mol. The van der Waals surface area contributed by atoms with Crippen molar-refractivity contribution in [3.63, 3.8) is 0 Å². The van der Waals surface area contributed by atoms with Crippen molar-refractivity contribution in [1.82, 2.24) is 4.98 Å². The highest BCUT2D eigenvalue weighted by atomic mass is 19.4. The maximum absolute atomic E-state index is 13.9. The lowest BCUT2D eigenvalue weighted by atomic mass is 9.63. The molecule has 1 aromatic heterocycles. The van der Waals surface area contributed by atoms with Gasteiger partial charge in [0.15, 0.2) is 0 Å². The molecular formula is C23H22F7N3O. The van der Waals surface area contributed by atoms with E-state index in [4.69, 9.17) is 0 Å². The number of pyridine rings is 1. The van der Waals surface area contributed by atoms with Crippen LogP contribution < -0.4 is 9.80 Å². The average molecular weight is 489 g/mol. The van der Waals surface area contributed by atoms with Gasteiger partial charge in [0.2, 0.25) is 5.91 Å². The first-order valence-electron chi connectivity index (χ1n) is 10.7. The van der Waals surface area contributed by atoms with E-state index < -0.39 is 47.2 Å². The van der Waals surface area contributed by atoms with E-state index in [-0.39, 0.29) is 28.7 Å². The number of anilines is 2. The lowest BCUT2D eigenvalue weighted by Crippen LogP contribution is -2.60. The Bertz CT molecular complexity index is 1110. The summed E-state index contributed by atoms with van der Waals surface area (Å²) in [6, 6.07) is 3.04. The maximum atomic E-state index is 13.9. The van der Waals surface area contributed by atoms with Crippen molar-refractivity contribution in [1.29, 1.82) is 0 Å². The third kappa shape index (κ3) is 4.44. The Morgan fingerprint density at radius 3 is 2.24 bits per heavy atom. The Hall–Kier alpha value is -2.85. The Morgan fingerprint density at radius 1 is 1.09 bits per heavy atom. The fraction of sp³-hybridized carbons (Fsp3) is 0.478. The zero-order valence-corrected chi connectivity index (χ0v) is 18.4. The van der Waals surface area contributed by atoms with Gasteiger partial charge in [0, 0.05) is 31.2 Å². The summed E-state index contributed by atoms with van der Waals surface area (Å²) < 4.78 is 95.7.